The number of hydrogen-bond acceptors (Lipinski definition) is 6. The van der Waals surface area contributed by atoms with Gasteiger partial charge in [0.2, 0.25) is 0 Å². The Balaban J connectivity index is 0.00000242. The zero-order chi connectivity index (χ0) is 15.5. The van der Waals surface area contributed by atoms with Gasteiger partial charge in [-0.05, 0) is 24.7 Å². The lowest BCUT2D eigenvalue weighted by Gasteiger charge is -2.04. The van der Waals surface area contributed by atoms with Gasteiger partial charge in [0.05, 0.1) is 11.4 Å². The van der Waals surface area contributed by atoms with Crippen molar-refractivity contribution in [3.8, 4) is 0 Å². The highest BCUT2D eigenvalue weighted by Crippen LogP contribution is 2.22. The molecule has 0 spiro atoms. The van der Waals surface area contributed by atoms with Crippen LogP contribution in [0.1, 0.15) is 11.4 Å². The molecule has 1 heterocycles. The van der Waals surface area contributed by atoms with Crippen molar-refractivity contribution in [1.29, 1.82) is 0 Å². The van der Waals surface area contributed by atoms with Gasteiger partial charge < -0.3 is 9.88 Å². The van der Waals surface area contributed by atoms with E-state index in [9.17, 15) is 8.42 Å². The largest absolute Gasteiger partial charge is 0.313 e. The maximum atomic E-state index is 11.4. The summed E-state index contributed by atoms with van der Waals surface area (Å²) in [7, 11) is 0.662. The van der Waals surface area contributed by atoms with Gasteiger partial charge >= 0.3 is 0 Å². The van der Waals surface area contributed by atoms with Crippen LogP contribution in [0.2, 0.25) is 0 Å². The van der Waals surface area contributed by atoms with Gasteiger partial charge in [0, 0.05) is 19.1 Å². The summed E-state index contributed by atoms with van der Waals surface area (Å²) in [6, 6.07) is 6.92. The molecule has 22 heavy (non-hydrogen) atoms. The maximum Gasteiger partial charge on any atom is 0.191 e. The number of nitrogens with zero attached hydrogens (tertiary/aromatic N) is 3. The van der Waals surface area contributed by atoms with E-state index in [1.165, 1.54) is 6.26 Å². The van der Waals surface area contributed by atoms with Crippen molar-refractivity contribution in [2.75, 3.05) is 13.3 Å². The molecular formula is C13H19ClN4O2S2. The minimum absolute atomic E-state index is 0. The molecule has 0 saturated heterocycles. The Morgan fingerprint density at radius 3 is 2.41 bits per heavy atom. The Morgan fingerprint density at radius 1 is 1.23 bits per heavy atom. The fourth-order valence-electron chi connectivity index (χ4n) is 1.76. The molecule has 0 bridgehead atoms. The molecule has 0 amide bonds. The first-order chi connectivity index (χ1) is 9.91. The Morgan fingerprint density at radius 2 is 1.86 bits per heavy atom. The molecule has 1 aromatic heterocycles. The summed E-state index contributed by atoms with van der Waals surface area (Å²) < 4.78 is 24.7. The number of nitrogens with one attached hydrogen (secondary N) is 1. The van der Waals surface area contributed by atoms with Gasteiger partial charge in [-0.25, -0.2) is 8.42 Å². The predicted octanol–water partition coefficient (Wildman–Crippen LogP) is 1.65. The van der Waals surface area contributed by atoms with Crippen LogP contribution in [0, 0.1) is 0 Å². The SMILES string of the molecule is CNCc1nnc(SCc2ccc(S(C)(=O)=O)cc2)n1C.Cl. The van der Waals surface area contributed by atoms with E-state index >= 15 is 0 Å². The van der Waals surface area contributed by atoms with Crippen LogP contribution in [0.3, 0.4) is 0 Å². The number of thioether (sulfide) groups is 1. The van der Waals surface area contributed by atoms with Crippen LogP contribution in [0.25, 0.3) is 0 Å². The monoisotopic (exact) mass is 362 g/mol. The van der Waals surface area contributed by atoms with E-state index < -0.39 is 9.84 Å². The topological polar surface area (TPSA) is 76.9 Å². The summed E-state index contributed by atoms with van der Waals surface area (Å²) in [5.74, 6) is 1.60. The van der Waals surface area contributed by atoms with Gasteiger partial charge in [-0.2, -0.15) is 0 Å². The van der Waals surface area contributed by atoms with Gasteiger partial charge in [0.15, 0.2) is 15.0 Å². The van der Waals surface area contributed by atoms with E-state index in [1.807, 2.05) is 30.8 Å². The fourth-order valence-corrected chi connectivity index (χ4v) is 3.28. The minimum atomic E-state index is -3.14. The van der Waals surface area contributed by atoms with Crippen LogP contribution < -0.4 is 5.32 Å². The van der Waals surface area contributed by atoms with E-state index in [-0.39, 0.29) is 12.4 Å². The van der Waals surface area contributed by atoms with Crippen LogP contribution in [0.15, 0.2) is 34.3 Å². The van der Waals surface area contributed by atoms with Crippen molar-refractivity contribution in [2.45, 2.75) is 22.3 Å². The lowest BCUT2D eigenvalue weighted by atomic mass is 10.2. The molecule has 0 atom stereocenters. The minimum Gasteiger partial charge on any atom is -0.313 e. The summed E-state index contributed by atoms with van der Waals surface area (Å²) in [4.78, 5) is 0.339. The standard InChI is InChI=1S/C13H18N4O2S2.ClH/c1-14-8-12-15-16-13(17(12)2)20-9-10-4-6-11(7-5-10)21(3,18)19;/h4-7,14H,8-9H2,1-3H3;1H. The number of hydrogen-bond donors (Lipinski definition) is 1. The highest BCUT2D eigenvalue weighted by Gasteiger charge is 2.09. The number of sulfone groups is 1. The molecule has 0 radical (unpaired) electrons. The Bertz CT molecular complexity index is 714. The molecule has 0 aliphatic heterocycles. The fraction of sp³-hybridized carbons (Fsp3) is 0.385. The maximum absolute atomic E-state index is 11.4. The van der Waals surface area contributed by atoms with Crippen LogP contribution in [0.5, 0.6) is 0 Å². The molecule has 0 aliphatic carbocycles. The van der Waals surface area contributed by atoms with E-state index in [0.29, 0.717) is 11.4 Å². The molecule has 0 unspecified atom stereocenters. The molecule has 122 valence electrons. The second kappa shape index (κ2) is 7.96. The first-order valence-electron chi connectivity index (χ1n) is 6.36. The molecular weight excluding hydrogens is 344 g/mol. The highest BCUT2D eigenvalue weighted by atomic mass is 35.5. The molecule has 9 heteroatoms. The molecule has 0 fully saturated rings. The molecule has 1 aromatic carbocycles. The summed E-state index contributed by atoms with van der Waals surface area (Å²) in [6.45, 7) is 0.674. The normalized spacial score (nSPS) is 11.2. The smallest absolute Gasteiger partial charge is 0.191 e. The zero-order valence-corrected chi connectivity index (χ0v) is 15.1. The third-order valence-electron chi connectivity index (χ3n) is 2.98. The van der Waals surface area contributed by atoms with Gasteiger partial charge in [0.1, 0.15) is 5.82 Å². The summed E-state index contributed by atoms with van der Waals surface area (Å²) >= 11 is 1.57. The van der Waals surface area contributed by atoms with Gasteiger partial charge in [-0.3, -0.25) is 0 Å². The first-order valence-corrected chi connectivity index (χ1v) is 9.24. The van der Waals surface area contributed by atoms with Crippen molar-refractivity contribution in [2.24, 2.45) is 7.05 Å². The Labute approximate surface area is 141 Å². The summed E-state index contributed by atoms with van der Waals surface area (Å²) in [5.41, 5.74) is 1.05. The number of rotatable bonds is 6. The van der Waals surface area contributed by atoms with Crippen LogP contribution in [-0.4, -0.2) is 36.5 Å². The van der Waals surface area contributed by atoms with Gasteiger partial charge in [0.25, 0.3) is 0 Å². The van der Waals surface area contributed by atoms with E-state index in [0.717, 1.165) is 22.3 Å². The van der Waals surface area contributed by atoms with Crippen molar-refractivity contribution < 1.29 is 8.42 Å². The third kappa shape index (κ3) is 4.70. The summed E-state index contributed by atoms with van der Waals surface area (Å²) in [6.07, 6.45) is 1.21. The molecule has 1 N–H and O–H groups in total. The number of benzene rings is 1. The molecule has 0 aliphatic rings. The van der Waals surface area contributed by atoms with Crippen molar-refractivity contribution in [1.82, 2.24) is 20.1 Å². The zero-order valence-electron chi connectivity index (χ0n) is 12.6. The number of aromatic nitrogens is 3. The van der Waals surface area contributed by atoms with Crippen molar-refractivity contribution in [3.05, 3.63) is 35.7 Å². The molecule has 6 nitrogen and oxygen atoms in total. The molecule has 2 aromatic rings. The van der Waals surface area contributed by atoms with E-state index in [4.69, 9.17) is 0 Å². The quantitative estimate of drug-likeness (QED) is 0.787. The second-order valence-electron chi connectivity index (χ2n) is 4.69. The van der Waals surface area contributed by atoms with Crippen molar-refractivity contribution in [3.63, 3.8) is 0 Å². The average molecular weight is 363 g/mol. The Hall–Kier alpha value is -1.09. The first kappa shape index (κ1) is 19.0. The second-order valence-corrected chi connectivity index (χ2v) is 7.65. The molecule has 0 saturated carbocycles. The van der Waals surface area contributed by atoms with E-state index in [2.05, 4.69) is 15.5 Å². The highest BCUT2D eigenvalue weighted by molar-refractivity contribution is 7.98. The lowest BCUT2D eigenvalue weighted by Crippen LogP contribution is -2.10. The Kier molecular flexibility index (Phi) is 6.86. The average Bonchev–Trinajstić information content (AvgIpc) is 2.78. The number of halogens is 1. The third-order valence-corrected chi connectivity index (χ3v) is 5.20. The van der Waals surface area contributed by atoms with E-state index in [1.54, 1.807) is 23.9 Å². The van der Waals surface area contributed by atoms with Crippen LogP contribution in [0.4, 0.5) is 0 Å². The van der Waals surface area contributed by atoms with Crippen LogP contribution >= 0.6 is 24.2 Å². The summed E-state index contributed by atoms with van der Waals surface area (Å²) in [5, 5.41) is 12.1. The van der Waals surface area contributed by atoms with Gasteiger partial charge in [-0.1, -0.05) is 23.9 Å². The lowest BCUT2D eigenvalue weighted by molar-refractivity contribution is 0.602. The van der Waals surface area contributed by atoms with Gasteiger partial charge in [-0.15, -0.1) is 22.6 Å². The molecule has 2 rings (SSSR count). The van der Waals surface area contributed by atoms with Crippen LogP contribution in [-0.2, 0) is 29.2 Å². The van der Waals surface area contributed by atoms with Crippen molar-refractivity contribution >= 4 is 34.0 Å². The predicted molar refractivity (Wildman–Crippen MR) is 90.1 cm³/mol.